The van der Waals surface area contributed by atoms with E-state index in [1.54, 1.807) is 24.3 Å². The number of halogens is 1. The number of carbonyl (C=O) groups excluding carboxylic acids is 1. The second-order valence-electron chi connectivity index (χ2n) is 6.59. The van der Waals surface area contributed by atoms with E-state index in [9.17, 15) is 9.59 Å². The number of amides is 1. The molecule has 0 unspecified atom stereocenters. The summed E-state index contributed by atoms with van der Waals surface area (Å²) in [6.45, 7) is 1.98. The molecule has 0 aliphatic rings. The SMILES string of the molecule is Cc1ccc2cc(/C=N/NC(=O)c3nn(C)c(=O)c4ccccc34)c(Cl)nc2c1. The molecule has 0 saturated carbocycles. The van der Waals surface area contributed by atoms with E-state index in [1.807, 2.05) is 31.2 Å². The van der Waals surface area contributed by atoms with Crippen molar-refractivity contribution in [3.63, 3.8) is 0 Å². The monoisotopic (exact) mass is 405 g/mol. The minimum atomic E-state index is -0.534. The van der Waals surface area contributed by atoms with E-state index in [-0.39, 0.29) is 16.4 Å². The summed E-state index contributed by atoms with van der Waals surface area (Å²) in [6.07, 6.45) is 1.43. The number of hydrogen-bond donors (Lipinski definition) is 1. The summed E-state index contributed by atoms with van der Waals surface area (Å²) < 4.78 is 1.13. The number of aryl methyl sites for hydroxylation is 2. The van der Waals surface area contributed by atoms with Gasteiger partial charge in [0.25, 0.3) is 11.5 Å². The van der Waals surface area contributed by atoms with Crippen molar-refractivity contribution in [2.24, 2.45) is 12.1 Å². The van der Waals surface area contributed by atoms with Crippen molar-refractivity contribution < 1.29 is 4.79 Å². The van der Waals surface area contributed by atoms with Gasteiger partial charge in [-0.25, -0.2) is 15.1 Å². The van der Waals surface area contributed by atoms with E-state index in [4.69, 9.17) is 11.6 Å². The first kappa shape index (κ1) is 18.8. The standard InChI is InChI=1S/C21H16ClN5O2/c1-12-7-8-13-10-14(19(22)24-17(13)9-12)11-23-25-20(28)18-15-5-3-4-6-16(15)21(29)27(2)26-18/h3-11H,1-2H3,(H,25,28)/b23-11+. The molecule has 0 fully saturated rings. The van der Waals surface area contributed by atoms with Gasteiger partial charge in [0.2, 0.25) is 0 Å². The highest BCUT2D eigenvalue weighted by molar-refractivity contribution is 6.32. The number of carbonyl (C=O) groups is 1. The fraction of sp³-hybridized carbons (Fsp3) is 0.0952. The zero-order valence-electron chi connectivity index (χ0n) is 15.7. The molecule has 0 bridgehead atoms. The molecule has 0 atom stereocenters. The quantitative estimate of drug-likeness (QED) is 0.322. The highest BCUT2D eigenvalue weighted by Gasteiger charge is 2.15. The molecule has 0 saturated heterocycles. The normalized spacial score (nSPS) is 11.4. The lowest BCUT2D eigenvalue weighted by Gasteiger charge is -2.06. The van der Waals surface area contributed by atoms with Crippen LogP contribution in [0.3, 0.4) is 0 Å². The van der Waals surface area contributed by atoms with Gasteiger partial charge in [-0.3, -0.25) is 9.59 Å². The Kier molecular flexibility index (Phi) is 4.82. The number of nitrogens with one attached hydrogen (secondary N) is 1. The highest BCUT2D eigenvalue weighted by atomic mass is 35.5. The van der Waals surface area contributed by atoms with Gasteiger partial charge in [-0.05, 0) is 30.7 Å². The van der Waals surface area contributed by atoms with E-state index < -0.39 is 5.91 Å². The van der Waals surface area contributed by atoms with Crippen LogP contribution in [0.15, 0.2) is 58.4 Å². The van der Waals surface area contributed by atoms with E-state index in [0.29, 0.717) is 16.3 Å². The molecule has 1 N–H and O–H groups in total. The second-order valence-corrected chi connectivity index (χ2v) is 6.94. The highest BCUT2D eigenvalue weighted by Crippen LogP contribution is 2.20. The van der Waals surface area contributed by atoms with Crippen LogP contribution in [-0.2, 0) is 7.05 Å². The predicted octanol–water partition coefficient (Wildman–Crippen LogP) is 3.21. The number of fused-ring (bicyclic) bond motifs is 2. The van der Waals surface area contributed by atoms with Crippen LogP contribution in [0, 0.1) is 6.92 Å². The molecule has 0 aliphatic heterocycles. The van der Waals surface area contributed by atoms with Crippen LogP contribution in [0.1, 0.15) is 21.6 Å². The van der Waals surface area contributed by atoms with Gasteiger partial charge in [0.05, 0.1) is 17.1 Å². The third-order valence-corrected chi connectivity index (χ3v) is 4.80. The zero-order chi connectivity index (χ0) is 20.5. The fourth-order valence-electron chi connectivity index (χ4n) is 3.04. The molecule has 1 amide bonds. The number of nitrogens with zero attached hydrogens (tertiary/aromatic N) is 4. The molecule has 7 nitrogen and oxygen atoms in total. The van der Waals surface area contributed by atoms with E-state index in [1.165, 1.54) is 13.3 Å². The molecule has 2 aromatic carbocycles. The van der Waals surface area contributed by atoms with E-state index >= 15 is 0 Å². The maximum atomic E-state index is 12.6. The van der Waals surface area contributed by atoms with Gasteiger partial charge in [-0.1, -0.05) is 41.9 Å². The third-order valence-electron chi connectivity index (χ3n) is 4.50. The van der Waals surface area contributed by atoms with Gasteiger partial charge in [-0.2, -0.15) is 10.2 Å². The molecule has 2 aromatic heterocycles. The van der Waals surface area contributed by atoms with E-state index in [2.05, 4.69) is 20.6 Å². The van der Waals surface area contributed by atoms with Crippen LogP contribution in [0.25, 0.3) is 21.7 Å². The van der Waals surface area contributed by atoms with Crippen molar-refractivity contribution in [3.8, 4) is 0 Å². The van der Waals surface area contributed by atoms with Crippen LogP contribution in [0.2, 0.25) is 5.15 Å². The van der Waals surface area contributed by atoms with Gasteiger partial charge in [-0.15, -0.1) is 0 Å². The Labute approximate surface area is 170 Å². The average molecular weight is 406 g/mol. The first-order valence-corrected chi connectivity index (χ1v) is 9.18. The molecule has 0 radical (unpaired) electrons. The van der Waals surface area contributed by atoms with Crippen LogP contribution in [-0.4, -0.2) is 26.9 Å². The van der Waals surface area contributed by atoms with Crippen LogP contribution < -0.4 is 11.0 Å². The average Bonchev–Trinajstić information content (AvgIpc) is 2.71. The number of hydrogen-bond acceptors (Lipinski definition) is 5. The summed E-state index contributed by atoms with van der Waals surface area (Å²) in [5, 5.41) is 10.1. The van der Waals surface area contributed by atoms with Gasteiger partial charge >= 0.3 is 0 Å². The fourth-order valence-corrected chi connectivity index (χ4v) is 3.24. The van der Waals surface area contributed by atoms with Crippen LogP contribution >= 0.6 is 11.6 Å². The number of aromatic nitrogens is 3. The van der Waals surface area contributed by atoms with Crippen molar-refractivity contribution in [1.29, 1.82) is 0 Å². The lowest BCUT2D eigenvalue weighted by Crippen LogP contribution is -2.27. The number of rotatable bonds is 3. The summed E-state index contributed by atoms with van der Waals surface area (Å²) in [5.41, 5.74) is 4.72. The molecule has 144 valence electrons. The molecular formula is C21H16ClN5O2. The van der Waals surface area contributed by atoms with Crippen molar-refractivity contribution >= 4 is 45.4 Å². The second kappa shape index (κ2) is 7.44. The number of hydrazone groups is 1. The van der Waals surface area contributed by atoms with Crippen molar-refractivity contribution in [2.45, 2.75) is 6.92 Å². The molecule has 0 spiro atoms. The molecule has 4 aromatic rings. The van der Waals surface area contributed by atoms with Crippen LogP contribution in [0.4, 0.5) is 0 Å². The molecule has 2 heterocycles. The Balaban J connectivity index is 1.63. The molecule has 4 rings (SSSR count). The Hall–Kier alpha value is -3.58. The van der Waals surface area contributed by atoms with Gasteiger partial charge in [0, 0.05) is 23.4 Å². The molecule has 8 heteroatoms. The summed E-state index contributed by atoms with van der Waals surface area (Å²) in [5.74, 6) is -0.534. The van der Waals surface area contributed by atoms with E-state index in [0.717, 1.165) is 21.1 Å². The van der Waals surface area contributed by atoms with Crippen molar-refractivity contribution in [1.82, 2.24) is 20.2 Å². The minimum Gasteiger partial charge on any atom is -0.267 e. The lowest BCUT2D eigenvalue weighted by molar-refractivity contribution is 0.0950. The Morgan fingerprint density at radius 3 is 2.72 bits per heavy atom. The van der Waals surface area contributed by atoms with Crippen molar-refractivity contribution in [2.75, 3.05) is 0 Å². The van der Waals surface area contributed by atoms with Gasteiger partial charge in [0.15, 0.2) is 5.69 Å². The molecule has 0 aliphatic carbocycles. The molecule has 29 heavy (non-hydrogen) atoms. The number of pyridine rings is 1. The summed E-state index contributed by atoms with van der Waals surface area (Å²) in [7, 11) is 1.50. The van der Waals surface area contributed by atoms with Gasteiger partial charge in [0.1, 0.15) is 5.15 Å². The topological polar surface area (TPSA) is 89.2 Å². The zero-order valence-corrected chi connectivity index (χ0v) is 16.4. The van der Waals surface area contributed by atoms with Gasteiger partial charge < -0.3 is 0 Å². The Morgan fingerprint density at radius 1 is 1.17 bits per heavy atom. The van der Waals surface area contributed by atoms with Crippen LogP contribution in [0.5, 0.6) is 0 Å². The largest absolute Gasteiger partial charge is 0.292 e. The molecular weight excluding hydrogens is 390 g/mol. The number of benzene rings is 2. The first-order valence-electron chi connectivity index (χ1n) is 8.80. The maximum absolute atomic E-state index is 12.6. The lowest BCUT2D eigenvalue weighted by atomic mass is 10.1. The maximum Gasteiger partial charge on any atom is 0.292 e. The third kappa shape index (κ3) is 3.60. The summed E-state index contributed by atoms with van der Waals surface area (Å²) in [4.78, 5) is 29.1. The minimum absolute atomic E-state index is 0.109. The summed E-state index contributed by atoms with van der Waals surface area (Å²) in [6, 6.07) is 14.5. The Bertz CT molecular complexity index is 1360. The first-order chi connectivity index (χ1) is 13.9. The smallest absolute Gasteiger partial charge is 0.267 e. The Morgan fingerprint density at radius 2 is 1.93 bits per heavy atom. The predicted molar refractivity (Wildman–Crippen MR) is 114 cm³/mol. The summed E-state index contributed by atoms with van der Waals surface area (Å²) >= 11 is 6.24. The van der Waals surface area contributed by atoms with Crippen molar-refractivity contribution in [3.05, 3.63) is 80.9 Å².